The van der Waals surface area contributed by atoms with Crippen molar-refractivity contribution in [1.29, 1.82) is 0 Å². The van der Waals surface area contributed by atoms with Crippen LogP contribution in [0, 0.1) is 0 Å². The predicted molar refractivity (Wildman–Crippen MR) is 126 cm³/mol. The van der Waals surface area contributed by atoms with Crippen LogP contribution in [0.5, 0.6) is 11.5 Å². The van der Waals surface area contributed by atoms with E-state index in [1.54, 1.807) is 44.6 Å². The highest BCUT2D eigenvalue weighted by Gasteiger charge is 2.20. The fraction of sp³-hybridized carbons (Fsp3) is 0.0833. The number of carbonyl (C=O) groups is 1. The summed E-state index contributed by atoms with van der Waals surface area (Å²) in [6, 6.07) is 23.4. The van der Waals surface area contributed by atoms with Crippen molar-refractivity contribution in [2.75, 3.05) is 24.9 Å². The molecule has 4 aromatic rings. The van der Waals surface area contributed by atoms with Gasteiger partial charge in [-0.2, -0.15) is 4.68 Å². The topological polar surface area (TPSA) is 77.4 Å². The number of anilines is 4. The van der Waals surface area contributed by atoms with Gasteiger partial charge in [-0.15, -0.1) is 5.10 Å². The average Bonchev–Trinajstić information content (AvgIpc) is 3.21. The van der Waals surface area contributed by atoms with Gasteiger partial charge < -0.3 is 20.1 Å². The highest BCUT2D eigenvalue weighted by molar-refractivity contribution is 6.34. The van der Waals surface area contributed by atoms with Crippen molar-refractivity contribution in [3.8, 4) is 11.5 Å². The van der Waals surface area contributed by atoms with Crippen molar-refractivity contribution >= 4 is 40.5 Å². The van der Waals surface area contributed by atoms with Crippen molar-refractivity contribution in [2.45, 2.75) is 0 Å². The van der Waals surface area contributed by atoms with Crippen molar-refractivity contribution in [3.05, 3.63) is 89.4 Å². The maximum absolute atomic E-state index is 13.3. The van der Waals surface area contributed by atoms with Crippen LogP contribution in [0.15, 0.2) is 78.9 Å². The Kier molecular flexibility index (Phi) is 6.28. The summed E-state index contributed by atoms with van der Waals surface area (Å²) in [6.07, 6.45) is 0. The van der Waals surface area contributed by atoms with Crippen LogP contribution in [-0.2, 0) is 0 Å². The molecule has 0 saturated carbocycles. The number of methoxy groups -OCH3 is 2. The fourth-order valence-corrected chi connectivity index (χ4v) is 3.42. The zero-order valence-electron chi connectivity index (χ0n) is 17.5. The molecule has 0 amide bonds. The number of carbonyl (C=O) groups excluding carboxylic acids is 1. The van der Waals surface area contributed by atoms with Crippen molar-refractivity contribution in [3.63, 3.8) is 0 Å². The van der Waals surface area contributed by atoms with E-state index in [-0.39, 0.29) is 5.91 Å². The quantitative estimate of drug-likeness (QED) is 0.376. The molecule has 2 N–H and O–H groups in total. The number of nitrogens with zero attached hydrogens (tertiary/aromatic N) is 2. The van der Waals surface area contributed by atoms with Crippen LogP contribution in [0.2, 0.25) is 5.02 Å². The Hall–Kier alpha value is -3.97. The van der Waals surface area contributed by atoms with Gasteiger partial charge in [-0.05, 0) is 36.4 Å². The van der Waals surface area contributed by atoms with E-state index >= 15 is 0 Å². The molecular formula is C24H21ClN4O3. The highest BCUT2D eigenvalue weighted by Crippen LogP contribution is 2.31. The number of ether oxygens (including phenoxy) is 2. The molecule has 1 aromatic heterocycles. The summed E-state index contributed by atoms with van der Waals surface area (Å²) in [6.45, 7) is 0. The number of nitrogens with one attached hydrogen (secondary N) is 2. The maximum Gasteiger partial charge on any atom is 0.281 e. The Morgan fingerprint density at radius 3 is 2.03 bits per heavy atom. The first-order valence-corrected chi connectivity index (χ1v) is 10.2. The summed E-state index contributed by atoms with van der Waals surface area (Å²) in [5.41, 5.74) is 1.74. The number of halogens is 1. The molecule has 0 fully saturated rings. The van der Waals surface area contributed by atoms with Crippen molar-refractivity contribution < 1.29 is 14.3 Å². The number of rotatable bonds is 7. The molecule has 8 heteroatoms. The van der Waals surface area contributed by atoms with E-state index in [2.05, 4.69) is 15.7 Å². The highest BCUT2D eigenvalue weighted by atomic mass is 35.5. The van der Waals surface area contributed by atoms with Gasteiger partial charge in [0.05, 0.1) is 36.2 Å². The molecule has 0 spiro atoms. The number of para-hydroxylation sites is 4. The van der Waals surface area contributed by atoms with Crippen molar-refractivity contribution in [2.24, 2.45) is 0 Å². The van der Waals surface area contributed by atoms with Gasteiger partial charge >= 0.3 is 0 Å². The maximum atomic E-state index is 13.3. The summed E-state index contributed by atoms with van der Waals surface area (Å²) in [5.74, 6) is 1.80. The Morgan fingerprint density at radius 2 is 1.41 bits per heavy atom. The van der Waals surface area contributed by atoms with Crippen LogP contribution >= 0.6 is 11.6 Å². The first-order chi connectivity index (χ1) is 15.6. The standard InChI is InChI=1S/C24H21ClN4O3/c1-31-20-13-7-5-11-18(20)26-22-15-23(27-19-12-6-8-14-21(19)32-2)29(28-22)24(30)16-9-3-4-10-17(16)25/h3-15,27H,1-2H3,(H,26,28). The molecule has 32 heavy (non-hydrogen) atoms. The van der Waals surface area contributed by atoms with Crippen LogP contribution in [0.1, 0.15) is 10.4 Å². The number of hydrogen-bond acceptors (Lipinski definition) is 6. The fourth-order valence-electron chi connectivity index (χ4n) is 3.21. The summed E-state index contributed by atoms with van der Waals surface area (Å²) >= 11 is 6.27. The number of benzene rings is 3. The Morgan fingerprint density at radius 1 is 0.844 bits per heavy atom. The lowest BCUT2D eigenvalue weighted by Gasteiger charge is -2.12. The number of hydrogen-bond donors (Lipinski definition) is 2. The zero-order chi connectivity index (χ0) is 22.5. The van der Waals surface area contributed by atoms with Gasteiger partial charge in [0.15, 0.2) is 5.82 Å². The average molecular weight is 449 g/mol. The van der Waals surface area contributed by atoms with Gasteiger partial charge in [0.25, 0.3) is 5.91 Å². The summed E-state index contributed by atoms with van der Waals surface area (Å²) in [5, 5.41) is 11.3. The molecule has 3 aromatic carbocycles. The van der Waals surface area contributed by atoms with E-state index in [0.29, 0.717) is 45.1 Å². The van der Waals surface area contributed by atoms with Gasteiger partial charge in [-0.1, -0.05) is 48.0 Å². The smallest absolute Gasteiger partial charge is 0.281 e. The third kappa shape index (κ3) is 4.38. The van der Waals surface area contributed by atoms with E-state index in [4.69, 9.17) is 21.1 Å². The van der Waals surface area contributed by atoms with Gasteiger partial charge in [0.2, 0.25) is 0 Å². The Balaban J connectivity index is 1.76. The minimum atomic E-state index is -0.374. The lowest BCUT2D eigenvalue weighted by atomic mass is 10.2. The molecule has 0 aliphatic heterocycles. The Bertz CT molecular complexity index is 1260. The normalized spacial score (nSPS) is 10.5. The van der Waals surface area contributed by atoms with Gasteiger partial charge in [0, 0.05) is 6.07 Å². The SMILES string of the molecule is COc1ccccc1Nc1cc(Nc2ccccc2OC)n(C(=O)c2ccccc2Cl)n1. The molecule has 0 unspecified atom stereocenters. The van der Waals surface area contributed by atoms with Crippen LogP contribution in [0.4, 0.5) is 23.0 Å². The molecule has 0 radical (unpaired) electrons. The molecule has 0 aliphatic carbocycles. The summed E-state index contributed by atoms with van der Waals surface area (Å²) < 4.78 is 12.1. The van der Waals surface area contributed by atoms with Crippen LogP contribution < -0.4 is 20.1 Å². The summed E-state index contributed by atoms with van der Waals surface area (Å²) in [4.78, 5) is 13.3. The second-order valence-electron chi connectivity index (χ2n) is 6.76. The molecule has 0 aliphatic rings. The zero-order valence-corrected chi connectivity index (χ0v) is 18.3. The van der Waals surface area contributed by atoms with Crippen molar-refractivity contribution in [1.82, 2.24) is 9.78 Å². The molecule has 4 rings (SSSR count). The molecule has 0 saturated heterocycles. The monoisotopic (exact) mass is 448 g/mol. The van der Waals surface area contributed by atoms with E-state index in [9.17, 15) is 4.79 Å². The third-order valence-corrected chi connectivity index (χ3v) is 5.08. The summed E-state index contributed by atoms with van der Waals surface area (Å²) in [7, 11) is 3.18. The third-order valence-electron chi connectivity index (χ3n) is 4.75. The second kappa shape index (κ2) is 9.45. The number of aromatic nitrogens is 2. The van der Waals surface area contributed by atoms with Crippen LogP contribution in [0.3, 0.4) is 0 Å². The minimum Gasteiger partial charge on any atom is -0.495 e. The molecule has 162 valence electrons. The molecular weight excluding hydrogens is 428 g/mol. The molecule has 0 atom stereocenters. The van der Waals surface area contributed by atoms with E-state index < -0.39 is 0 Å². The minimum absolute atomic E-state index is 0.337. The lowest BCUT2D eigenvalue weighted by molar-refractivity contribution is 0.0948. The molecule has 1 heterocycles. The predicted octanol–water partition coefficient (Wildman–Crippen LogP) is 5.73. The lowest BCUT2D eigenvalue weighted by Crippen LogP contribution is -2.16. The molecule has 0 bridgehead atoms. The van der Waals surface area contributed by atoms with E-state index in [1.807, 2.05) is 48.5 Å². The van der Waals surface area contributed by atoms with E-state index in [1.165, 1.54) is 4.68 Å². The van der Waals surface area contributed by atoms with Gasteiger partial charge in [0.1, 0.15) is 17.3 Å². The largest absolute Gasteiger partial charge is 0.495 e. The van der Waals surface area contributed by atoms with E-state index in [0.717, 1.165) is 0 Å². The molecule has 7 nitrogen and oxygen atoms in total. The van der Waals surface area contributed by atoms with Crippen LogP contribution in [-0.4, -0.2) is 29.9 Å². The Labute approximate surface area is 190 Å². The van der Waals surface area contributed by atoms with Crippen LogP contribution in [0.25, 0.3) is 0 Å². The second-order valence-corrected chi connectivity index (χ2v) is 7.17. The van der Waals surface area contributed by atoms with Gasteiger partial charge in [-0.25, -0.2) is 0 Å². The first kappa shape index (κ1) is 21.3. The van der Waals surface area contributed by atoms with Gasteiger partial charge in [-0.3, -0.25) is 4.79 Å². The first-order valence-electron chi connectivity index (χ1n) is 9.80.